The van der Waals surface area contributed by atoms with Crippen LogP contribution in [0.4, 0.5) is 11.4 Å². The van der Waals surface area contributed by atoms with Crippen LogP contribution in [0.15, 0.2) is 42.5 Å². The molecule has 32 heavy (non-hydrogen) atoms. The van der Waals surface area contributed by atoms with E-state index in [9.17, 15) is 9.59 Å². The Morgan fingerprint density at radius 2 is 1.94 bits per heavy atom. The summed E-state index contributed by atoms with van der Waals surface area (Å²) in [4.78, 5) is 25.1. The molecule has 0 spiro atoms. The van der Waals surface area contributed by atoms with Crippen LogP contribution in [0.2, 0.25) is 5.02 Å². The van der Waals surface area contributed by atoms with E-state index in [4.69, 9.17) is 21.1 Å². The fourth-order valence-corrected chi connectivity index (χ4v) is 4.61. The predicted molar refractivity (Wildman–Crippen MR) is 125 cm³/mol. The van der Waals surface area contributed by atoms with E-state index in [0.29, 0.717) is 28.8 Å². The van der Waals surface area contributed by atoms with Gasteiger partial charge < -0.3 is 20.1 Å². The van der Waals surface area contributed by atoms with Crippen molar-refractivity contribution >= 4 is 46.6 Å². The van der Waals surface area contributed by atoms with Crippen LogP contribution in [-0.4, -0.2) is 50.0 Å². The van der Waals surface area contributed by atoms with Crippen molar-refractivity contribution in [3.63, 3.8) is 0 Å². The Morgan fingerprint density at radius 3 is 2.66 bits per heavy atom. The highest BCUT2D eigenvalue weighted by Gasteiger charge is 2.44. The molecule has 3 unspecified atom stereocenters. The molecule has 170 valence electrons. The highest BCUT2D eigenvalue weighted by molar-refractivity contribution is 8.00. The Labute approximate surface area is 195 Å². The maximum Gasteiger partial charge on any atom is 0.234 e. The van der Waals surface area contributed by atoms with Crippen molar-refractivity contribution < 1.29 is 19.1 Å². The number of benzene rings is 2. The zero-order chi connectivity index (χ0) is 22.7. The molecule has 4 rings (SSSR count). The van der Waals surface area contributed by atoms with Crippen LogP contribution in [0.5, 0.6) is 11.5 Å². The number of hydrogen-bond donors (Lipinski definition) is 4. The number of amides is 2. The first kappa shape index (κ1) is 22.5. The van der Waals surface area contributed by atoms with Gasteiger partial charge in [-0.05, 0) is 36.4 Å². The molecule has 0 bridgehead atoms. The number of rotatable bonds is 7. The highest BCUT2D eigenvalue weighted by Crippen LogP contribution is 2.30. The van der Waals surface area contributed by atoms with E-state index in [1.165, 1.54) is 18.9 Å². The number of hydrogen-bond acceptors (Lipinski definition) is 8. The monoisotopic (exact) mass is 477 g/mol. The van der Waals surface area contributed by atoms with Crippen molar-refractivity contribution in [2.75, 3.05) is 36.8 Å². The summed E-state index contributed by atoms with van der Waals surface area (Å²) < 4.78 is 10.5. The molecule has 11 heteroatoms. The normalized spacial score (nSPS) is 22.2. The van der Waals surface area contributed by atoms with Crippen LogP contribution in [0.3, 0.4) is 0 Å². The Morgan fingerprint density at radius 1 is 1.19 bits per heavy atom. The van der Waals surface area contributed by atoms with Gasteiger partial charge in [0, 0.05) is 23.3 Å². The average molecular weight is 478 g/mol. The van der Waals surface area contributed by atoms with Crippen LogP contribution < -0.4 is 35.9 Å². The molecule has 0 aromatic heterocycles. The summed E-state index contributed by atoms with van der Waals surface area (Å²) in [6, 6.07) is 12.6. The topological polar surface area (TPSA) is 104 Å². The molecule has 2 aromatic carbocycles. The third-order valence-corrected chi connectivity index (χ3v) is 6.49. The second-order valence-corrected chi connectivity index (χ2v) is 8.77. The molecule has 2 saturated heterocycles. The van der Waals surface area contributed by atoms with Gasteiger partial charge in [-0.3, -0.25) is 19.9 Å². The predicted octanol–water partition coefficient (Wildman–Crippen LogP) is 2.00. The number of anilines is 2. The number of fused-ring (bicyclic) bond motifs is 1. The van der Waals surface area contributed by atoms with Crippen molar-refractivity contribution in [1.29, 1.82) is 0 Å². The molecule has 4 N–H and O–H groups in total. The van der Waals surface area contributed by atoms with E-state index in [2.05, 4.69) is 21.4 Å². The van der Waals surface area contributed by atoms with Crippen molar-refractivity contribution in [3.05, 3.63) is 47.5 Å². The molecule has 2 amide bonds. The van der Waals surface area contributed by atoms with Crippen LogP contribution in [-0.2, 0) is 9.59 Å². The van der Waals surface area contributed by atoms with Gasteiger partial charge in [0.05, 0.1) is 31.6 Å². The smallest absolute Gasteiger partial charge is 0.234 e. The van der Waals surface area contributed by atoms with E-state index in [1.807, 2.05) is 17.1 Å². The van der Waals surface area contributed by atoms with Gasteiger partial charge in [0.2, 0.25) is 11.8 Å². The molecule has 9 nitrogen and oxygen atoms in total. The SMILES string of the molecule is COc1ccc(NC(=O)CSC2NC(=O)C3CNN(c4ccc(Cl)cc4)C3N2)cc1OC. The van der Waals surface area contributed by atoms with Gasteiger partial charge in [0.1, 0.15) is 11.7 Å². The lowest BCUT2D eigenvalue weighted by Crippen LogP contribution is -2.63. The summed E-state index contributed by atoms with van der Waals surface area (Å²) in [5.41, 5.74) is 4.35. The lowest BCUT2D eigenvalue weighted by atomic mass is 10.1. The summed E-state index contributed by atoms with van der Waals surface area (Å²) in [6.07, 6.45) is -0.240. The van der Waals surface area contributed by atoms with E-state index < -0.39 is 5.50 Å². The number of hydrazine groups is 1. The Bertz CT molecular complexity index is 993. The van der Waals surface area contributed by atoms with Gasteiger partial charge in [-0.25, -0.2) is 5.43 Å². The van der Waals surface area contributed by atoms with Gasteiger partial charge in [0.15, 0.2) is 11.5 Å². The second kappa shape index (κ2) is 9.86. The largest absolute Gasteiger partial charge is 0.493 e. The van der Waals surface area contributed by atoms with Crippen molar-refractivity contribution in [1.82, 2.24) is 16.1 Å². The second-order valence-electron chi connectivity index (χ2n) is 7.24. The standard InChI is InChI=1S/C21H24ClN5O4S/c1-30-16-8-5-13(9-17(16)31-2)24-18(28)11-32-21-25-19-15(20(29)26-21)10-23-27(19)14-6-3-12(22)4-7-14/h3-9,15,19,21,23,25H,10-11H2,1-2H3,(H,24,28)(H,26,29). The molecular weight excluding hydrogens is 454 g/mol. The molecule has 2 aliphatic rings. The first-order chi connectivity index (χ1) is 15.5. The van der Waals surface area contributed by atoms with Crippen LogP contribution in [0, 0.1) is 5.92 Å². The minimum Gasteiger partial charge on any atom is -0.493 e. The molecule has 2 aromatic rings. The third kappa shape index (κ3) is 4.88. The summed E-state index contributed by atoms with van der Waals surface area (Å²) in [6.45, 7) is 0.517. The Hall–Kier alpha value is -2.66. The van der Waals surface area contributed by atoms with E-state index in [0.717, 1.165) is 5.69 Å². The third-order valence-electron chi connectivity index (χ3n) is 5.23. The molecule has 2 heterocycles. The lowest BCUT2D eigenvalue weighted by molar-refractivity contribution is -0.127. The minimum absolute atomic E-state index is 0.0597. The van der Waals surface area contributed by atoms with Crippen LogP contribution in [0.25, 0.3) is 0 Å². The number of ether oxygens (including phenoxy) is 2. The minimum atomic E-state index is -0.408. The van der Waals surface area contributed by atoms with Crippen molar-refractivity contribution in [2.45, 2.75) is 11.7 Å². The number of thioether (sulfide) groups is 1. The van der Waals surface area contributed by atoms with Gasteiger partial charge in [-0.1, -0.05) is 11.6 Å². The van der Waals surface area contributed by atoms with E-state index in [-0.39, 0.29) is 29.7 Å². The van der Waals surface area contributed by atoms with Gasteiger partial charge in [0.25, 0.3) is 0 Å². The lowest BCUT2D eigenvalue weighted by Gasteiger charge is -2.37. The van der Waals surface area contributed by atoms with Gasteiger partial charge in [-0.15, -0.1) is 11.8 Å². The maximum absolute atomic E-state index is 12.6. The quantitative estimate of drug-likeness (QED) is 0.480. The molecule has 2 aliphatic heterocycles. The number of carbonyl (C=O) groups is 2. The molecule has 3 atom stereocenters. The highest BCUT2D eigenvalue weighted by atomic mass is 35.5. The number of nitrogens with one attached hydrogen (secondary N) is 4. The fraction of sp³-hybridized carbons (Fsp3) is 0.333. The maximum atomic E-state index is 12.6. The molecule has 2 fully saturated rings. The van der Waals surface area contributed by atoms with Crippen molar-refractivity contribution in [2.24, 2.45) is 5.92 Å². The average Bonchev–Trinajstić information content (AvgIpc) is 3.22. The molecule has 0 saturated carbocycles. The fourth-order valence-electron chi connectivity index (χ4n) is 3.66. The van der Waals surface area contributed by atoms with Crippen molar-refractivity contribution in [3.8, 4) is 11.5 Å². The number of halogens is 1. The Balaban J connectivity index is 1.35. The van der Waals surface area contributed by atoms with Gasteiger partial charge in [-0.2, -0.15) is 0 Å². The summed E-state index contributed by atoms with van der Waals surface area (Å²) in [5.74, 6) is 0.760. The van der Waals surface area contributed by atoms with Gasteiger partial charge >= 0.3 is 0 Å². The number of nitrogens with zero attached hydrogens (tertiary/aromatic N) is 1. The first-order valence-corrected chi connectivity index (χ1v) is 11.4. The summed E-state index contributed by atoms with van der Waals surface area (Å²) in [5, 5.41) is 11.7. The molecule has 0 radical (unpaired) electrons. The number of carbonyl (C=O) groups excluding carboxylic acids is 2. The molecule has 0 aliphatic carbocycles. The van der Waals surface area contributed by atoms with Crippen LogP contribution in [0.1, 0.15) is 0 Å². The zero-order valence-electron chi connectivity index (χ0n) is 17.6. The Kier molecular flexibility index (Phi) is 6.95. The first-order valence-electron chi connectivity index (χ1n) is 9.96. The van der Waals surface area contributed by atoms with Crippen LogP contribution >= 0.6 is 23.4 Å². The van der Waals surface area contributed by atoms with E-state index in [1.54, 1.807) is 37.4 Å². The van der Waals surface area contributed by atoms with E-state index >= 15 is 0 Å². The number of methoxy groups -OCH3 is 2. The molecular formula is C21H24ClN5O4S. The zero-order valence-corrected chi connectivity index (χ0v) is 19.1. The summed E-state index contributed by atoms with van der Waals surface area (Å²) >= 11 is 7.30. The summed E-state index contributed by atoms with van der Waals surface area (Å²) in [7, 11) is 3.09.